The molecule has 0 radical (unpaired) electrons. The molecule has 1 aromatic rings. The first-order valence-electron chi connectivity index (χ1n) is 7.09. The molecule has 1 rings (SSSR count). The Hall–Kier alpha value is -1.88. The number of carbonyl (C=O) groups excluding carboxylic acids is 2. The van der Waals surface area contributed by atoms with Gasteiger partial charge >= 0.3 is 0 Å². The standard InChI is InChI=1S/C16H24N2O3/c1-13-4-6-15(7-5-13)12-16(20)17-8-9-18(14(2)19)10-11-21-3/h4-7H,8-12H2,1-3H3,(H,17,20). The molecule has 0 fully saturated rings. The highest BCUT2D eigenvalue weighted by Crippen LogP contribution is 2.03. The maximum Gasteiger partial charge on any atom is 0.224 e. The fraction of sp³-hybridized carbons (Fsp3) is 0.500. The summed E-state index contributed by atoms with van der Waals surface area (Å²) in [6.07, 6.45) is 0.360. The number of amides is 2. The molecule has 0 aliphatic heterocycles. The Balaban J connectivity index is 2.31. The van der Waals surface area contributed by atoms with Gasteiger partial charge in [-0.05, 0) is 12.5 Å². The lowest BCUT2D eigenvalue weighted by Gasteiger charge is -2.20. The monoisotopic (exact) mass is 292 g/mol. The van der Waals surface area contributed by atoms with Crippen LogP contribution < -0.4 is 5.32 Å². The third-order valence-electron chi connectivity index (χ3n) is 3.20. The summed E-state index contributed by atoms with van der Waals surface area (Å²) in [5.41, 5.74) is 2.16. The topological polar surface area (TPSA) is 58.6 Å². The van der Waals surface area contributed by atoms with Gasteiger partial charge in [-0.15, -0.1) is 0 Å². The Morgan fingerprint density at radius 2 is 1.86 bits per heavy atom. The van der Waals surface area contributed by atoms with Gasteiger partial charge in [0.25, 0.3) is 0 Å². The van der Waals surface area contributed by atoms with Crippen molar-refractivity contribution in [2.75, 3.05) is 33.4 Å². The van der Waals surface area contributed by atoms with Gasteiger partial charge in [0.15, 0.2) is 0 Å². The second kappa shape index (κ2) is 9.13. The number of hydrogen-bond donors (Lipinski definition) is 1. The Labute approximate surface area is 126 Å². The molecule has 5 heteroatoms. The van der Waals surface area contributed by atoms with E-state index < -0.39 is 0 Å². The Morgan fingerprint density at radius 1 is 1.19 bits per heavy atom. The van der Waals surface area contributed by atoms with Crippen molar-refractivity contribution in [3.8, 4) is 0 Å². The lowest BCUT2D eigenvalue weighted by atomic mass is 10.1. The number of rotatable bonds is 8. The van der Waals surface area contributed by atoms with E-state index in [2.05, 4.69) is 5.32 Å². The predicted octanol–water partition coefficient (Wildman–Crippen LogP) is 1.15. The molecule has 1 N–H and O–H groups in total. The van der Waals surface area contributed by atoms with Gasteiger partial charge in [-0.25, -0.2) is 0 Å². The maximum absolute atomic E-state index is 11.8. The van der Waals surface area contributed by atoms with Gasteiger partial charge in [-0.1, -0.05) is 29.8 Å². The zero-order chi connectivity index (χ0) is 15.7. The number of benzene rings is 1. The van der Waals surface area contributed by atoms with E-state index >= 15 is 0 Å². The normalized spacial score (nSPS) is 10.2. The first-order valence-corrected chi connectivity index (χ1v) is 7.09. The minimum absolute atomic E-state index is 0.0140. The van der Waals surface area contributed by atoms with Crippen LogP contribution in [0, 0.1) is 6.92 Å². The molecular formula is C16H24N2O3. The number of methoxy groups -OCH3 is 1. The molecular weight excluding hydrogens is 268 g/mol. The lowest BCUT2D eigenvalue weighted by molar-refractivity contribution is -0.130. The van der Waals surface area contributed by atoms with Gasteiger partial charge < -0.3 is 15.0 Å². The summed E-state index contributed by atoms with van der Waals surface area (Å²) in [5.74, 6) is -0.0473. The van der Waals surface area contributed by atoms with Crippen LogP contribution in [0.2, 0.25) is 0 Å². The highest BCUT2D eigenvalue weighted by molar-refractivity contribution is 5.78. The van der Waals surface area contributed by atoms with Crippen LogP contribution in [0.4, 0.5) is 0 Å². The van der Waals surface area contributed by atoms with Crippen LogP contribution in [0.25, 0.3) is 0 Å². The number of nitrogens with zero attached hydrogens (tertiary/aromatic N) is 1. The molecule has 2 amide bonds. The molecule has 0 atom stereocenters. The highest BCUT2D eigenvalue weighted by atomic mass is 16.5. The fourth-order valence-electron chi connectivity index (χ4n) is 1.91. The van der Waals surface area contributed by atoms with Crippen molar-refractivity contribution >= 4 is 11.8 Å². The predicted molar refractivity (Wildman–Crippen MR) is 82.0 cm³/mol. The van der Waals surface area contributed by atoms with E-state index in [4.69, 9.17) is 4.74 Å². The highest BCUT2D eigenvalue weighted by Gasteiger charge is 2.09. The summed E-state index contributed by atoms with van der Waals surface area (Å²) in [6.45, 7) is 5.52. The molecule has 0 aliphatic carbocycles. The maximum atomic E-state index is 11.8. The van der Waals surface area contributed by atoms with Crippen molar-refractivity contribution in [3.63, 3.8) is 0 Å². The Morgan fingerprint density at radius 3 is 2.43 bits per heavy atom. The summed E-state index contributed by atoms with van der Waals surface area (Å²) in [4.78, 5) is 24.9. The molecule has 0 aliphatic rings. The third kappa shape index (κ3) is 6.90. The second-order valence-electron chi connectivity index (χ2n) is 5.01. The van der Waals surface area contributed by atoms with E-state index in [0.29, 0.717) is 32.7 Å². The summed E-state index contributed by atoms with van der Waals surface area (Å²) >= 11 is 0. The van der Waals surface area contributed by atoms with E-state index in [1.165, 1.54) is 12.5 Å². The van der Waals surface area contributed by atoms with Crippen molar-refractivity contribution in [2.24, 2.45) is 0 Å². The SMILES string of the molecule is COCCN(CCNC(=O)Cc1ccc(C)cc1)C(C)=O. The molecule has 0 heterocycles. The van der Waals surface area contributed by atoms with Crippen LogP contribution in [-0.2, 0) is 20.7 Å². The van der Waals surface area contributed by atoms with Crippen LogP contribution in [0.15, 0.2) is 24.3 Å². The molecule has 1 aromatic carbocycles. The van der Waals surface area contributed by atoms with Crippen molar-refractivity contribution in [1.29, 1.82) is 0 Å². The van der Waals surface area contributed by atoms with Crippen LogP contribution >= 0.6 is 0 Å². The lowest BCUT2D eigenvalue weighted by Crippen LogP contribution is -2.39. The summed E-state index contributed by atoms with van der Waals surface area (Å²) in [5, 5.41) is 2.83. The van der Waals surface area contributed by atoms with Crippen molar-refractivity contribution in [1.82, 2.24) is 10.2 Å². The van der Waals surface area contributed by atoms with Crippen LogP contribution in [0.1, 0.15) is 18.1 Å². The number of hydrogen-bond acceptors (Lipinski definition) is 3. The molecule has 0 saturated carbocycles. The number of ether oxygens (including phenoxy) is 1. The van der Waals surface area contributed by atoms with E-state index in [9.17, 15) is 9.59 Å². The summed E-state index contributed by atoms with van der Waals surface area (Å²) in [6, 6.07) is 7.89. The van der Waals surface area contributed by atoms with Gasteiger partial charge in [-0.3, -0.25) is 9.59 Å². The van der Waals surface area contributed by atoms with Crippen molar-refractivity contribution < 1.29 is 14.3 Å². The molecule has 21 heavy (non-hydrogen) atoms. The average Bonchev–Trinajstić information content (AvgIpc) is 2.44. The van der Waals surface area contributed by atoms with E-state index in [1.807, 2.05) is 31.2 Å². The fourth-order valence-corrected chi connectivity index (χ4v) is 1.91. The van der Waals surface area contributed by atoms with Gasteiger partial charge in [0.05, 0.1) is 13.0 Å². The average molecular weight is 292 g/mol. The van der Waals surface area contributed by atoms with Crippen molar-refractivity contribution in [2.45, 2.75) is 20.3 Å². The van der Waals surface area contributed by atoms with Crippen molar-refractivity contribution in [3.05, 3.63) is 35.4 Å². The quantitative estimate of drug-likeness (QED) is 0.782. The molecule has 5 nitrogen and oxygen atoms in total. The number of carbonyl (C=O) groups is 2. The number of nitrogens with one attached hydrogen (secondary N) is 1. The van der Waals surface area contributed by atoms with Gasteiger partial charge in [-0.2, -0.15) is 0 Å². The molecule has 0 spiro atoms. The van der Waals surface area contributed by atoms with E-state index in [-0.39, 0.29) is 11.8 Å². The largest absolute Gasteiger partial charge is 0.383 e. The zero-order valence-corrected chi connectivity index (χ0v) is 13.0. The first kappa shape index (κ1) is 17.2. The molecule has 0 unspecified atom stereocenters. The summed E-state index contributed by atoms with van der Waals surface area (Å²) in [7, 11) is 1.60. The molecule has 0 bridgehead atoms. The Kier molecular flexibility index (Phi) is 7.46. The van der Waals surface area contributed by atoms with E-state index in [0.717, 1.165) is 5.56 Å². The van der Waals surface area contributed by atoms with Gasteiger partial charge in [0.2, 0.25) is 11.8 Å². The number of aryl methyl sites for hydroxylation is 1. The van der Waals surface area contributed by atoms with Gasteiger partial charge in [0.1, 0.15) is 0 Å². The van der Waals surface area contributed by atoms with Crippen LogP contribution in [-0.4, -0.2) is 50.1 Å². The minimum atomic E-state index is -0.0332. The molecule has 0 saturated heterocycles. The van der Waals surface area contributed by atoms with Crippen LogP contribution in [0.3, 0.4) is 0 Å². The van der Waals surface area contributed by atoms with E-state index in [1.54, 1.807) is 12.0 Å². The molecule has 116 valence electrons. The zero-order valence-electron chi connectivity index (χ0n) is 13.0. The third-order valence-corrected chi connectivity index (χ3v) is 3.20. The second-order valence-corrected chi connectivity index (χ2v) is 5.01. The van der Waals surface area contributed by atoms with Gasteiger partial charge in [0, 0.05) is 33.7 Å². The first-order chi connectivity index (χ1) is 10.0. The minimum Gasteiger partial charge on any atom is -0.383 e. The smallest absolute Gasteiger partial charge is 0.224 e. The summed E-state index contributed by atoms with van der Waals surface area (Å²) < 4.78 is 4.96. The van der Waals surface area contributed by atoms with Crippen LogP contribution in [0.5, 0.6) is 0 Å². The Bertz CT molecular complexity index is 457. The molecule has 0 aromatic heterocycles.